The molecule has 4 heterocycles. The smallest absolute Gasteiger partial charge is 0.266 e. The van der Waals surface area contributed by atoms with Gasteiger partial charge in [-0.2, -0.15) is 0 Å². The molecule has 14 heteroatoms. The van der Waals surface area contributed by atoms with Gasteiger partial charge in [-0.05, 0) is 70.2 Å². The number of rotatable bonds is 6. The number of fused-ring (bicyclic) bond motifs is 6. The first-order chi connectivity index (χ1) is 33.4. The fraction of sp³-hybridized carbons (Fsp3) is 0.214. The molecule has 0 N–H and O–H groups in total. The Kier molecular flexibility index (Phi) is 9.01. The summed E-state index contributed by atoms with van der Waals surface area (Å²) in [6.07, 6.45) is 0. The van der Waals surface area contributed by atoms with Crippen LogP contribution in [0, 0.1) is 0 Å². The van der Waals surface area contributed by atoms with Gasteiger partial charge in [0.15, 0.2) is 20.6 Å². The molecule has 0 amide bonds. The highest BCUT2D eigenvalue weighted by atomic mass is 35.5. The lowest BCUT2D eigenvalue weighted by Crippen LogP contribution is -2.34. The summed E-state index contributed by atoms with van der Waals surface area (Å²) in [5, 5.41) is 7.55. The normalized spacial score (nSPS) is 13.0. The van der Waals surface area contributed by atoms with Crippen molar-refractivity contribution in [3.05, 3.63) is 145 Å². The van der Waals surface area contributed by atoms with Gasteiger partial charge in [-0.15, -0.1) is 0 Å². The Morgan fingerprint density at radius 2 is 0.571 bits per heavy atom. The number of halogens is 4. The monoisotopic (exact) mass is 998 g/mol. The molecule has 0 saturated heterocycles. The van der Waals surface area contributed by atoms with Crippen LogP contribution in [0.4, 0.5) is 0 Å². The number of nitrogens with zero attached hydrogens (tertiary/aromatic N) is 6. The van der Waals surface area contributed by atoms with E-state index >= 15 is 19.2 Å². The molecule has 0 atom stereocenters. The van der Waals surface area contributed by atoms with Gasteiger partial charge in [-0.3, -0.25) is 19.2 Å². The summed E-state index contributed by atoms with van der Waals surface area (Å²) < 4.78 is 2.64. The van der Waals surface area contributed by atoms with Crippen molar-refractivity contribution in [2.75, 3.05) is 0 Å². The van der Waals surface area contributed by atoms with E-state index in [4.69, 9.17) is 66.3 Å². The predicted octanol–water partition coefficient (Wildman–Crippen LogP) is 14.1. The van der Waals surface area contributed by atoms with Crippen LogP contribution in [-0.4, -0.2) is 29.1 Å². The van der Waals surface area contributed by atoms with Crippen molar-refractivity contribution in [1.29, 1.82) is 0 Å². The summed E-state index contributed by atoms with van der Waals surface area (Å²) in [7, 11) is 0. The van der Waals surface area contributed by atoms with Crippen molar-refractivity contribution in [2.45, 2.75) is 79.1 Å². The van der Waals surface area contributed by atoms with Gasteiger partial charge in [-0.1, -0.05) is 138 Å². The molecule has 0 radical (unpaired) electrons. The maximum absolute atomic E-state index is 15.7. The molecule has 0 aliphatic carbocycles. The number of para-hydroxylation sites is 2. The Labute approximate surface area is 416 Å². The van der Waals surface area contributed by atoms with Crippen molar-refractivity contribution in [3.8, 4) is 11.4 Å². The van der Waals surface area contributed by atoms with Gasteiger partial charge in [0.2, 0.25) is 0 Å². The van der Waals surface area contributed by atoms with Crippen LogP contribution in [0.25, 0.3) is 120 Å². The molecular formula is C56H38Cl4N6O4. The Morgan fingerprint density at radius 1 is 0.343 bits per heavy atom. The van der Waals surface area contributed by atoms with Gasteiger partial charge in [0, 0.05) is 86.2 Å². The zero-order chi connectivity index (χ0) is 49.0. The Morgan fingerprint density at radius 3 is 0.786 bits per heavy atom. The van der Waals surface area contributed by atoms with Gasteiger partial charge in [0.05, 0.1) is 33.4 Å². The minimum atomic E-state index is -0.503. The second-order valence-electron chi connectivity index (χ2n) is 20.0. The van der Waals surface area contributed by atoms with E-state index in [1.54, 1.807) is 24.3 Å². The van der Waals surface area contributed by atoms with E-state index in [1.165, 1.54) is 9.13 Å². The van der Waals surface area contributed by atoms with Gasteiger partial charge >= 0.3 is 0 Å². The fourth-order valence-corrected chi connectivity index (χ4v) is 12.4. The summed E-state index contributed by atoms with van der Waals surface area (Å²) in [6.45, 7) is 16.3. The molecule has 0 aliphatic rings. The van der Waals surface area contributed by atoms with Crippen LogP contribution < -0.4 is 22.2 Å². The van der Waals surface area contributed by atoms with E-state index in [0.717, 1.165) is 22.3 Å². The lowest BCUT2D eigenvalue weighted by Gasteiger charge is -2.26. The zero-order valence-electron chi connectivity index (χ0n) is 38.9. The molecule has 4 aromatic heterocycles. The molecule has 70 heavy (non-hydrogen) atoms. The standard InChI is InChI=1S/C56H38Cl4N6O4/c1-19(2)23-11-9-12-24(20(3)4)47(23)65-53(67)31-15-27-37-39-29(45-43(27)61-49(57)51(59)63-45)17-33-36-34(56(70)66(55(33)69)48-25(21(5)6)13-10-14-26(48)22(7)8)18-30-40(42(36)39)38-28(16-32(54(65)68)35(31)41(37)38)44-46(30)64-52(60)50(58)62-44/h9-22H,1-8H3. The Hall–Kier alpha value is -6.56. The lowest BCUT2D eigenvalue weighted by atomic mass is 9.79. The van der Waals surface area contributed by atoms with Gasteiger partial charge in [0.1, 0.15) is 0 Å². The third-order valence-corrected chi connectivity index (χ3v) is 16.1. The van der Waals surface area contributed by atoms with Crippen molar-refractivity contribution in [1.82, 2.24) is 29.1 Å². The summed E-state index contributed by atoms with van der Waals surface area (Å²) in [6, 6.07) is 18.9. The van der Waals surface area contributed by atoms with Crippen molar-refractivity contribution < 1.29 is 0 Å². The summed E-state index contributed by atoms with van der Waals surface area (Å²) in [5.74, 6) is -0.167. The number of benzene rings is 9. The minimum absolute atomic E-state index is 0.0417. The van der Waals surface area contributed by atoms with Crippen molar-refractivity contribution in [3.63, 3.8) is 0 Å². The summed E-state index contributed by atoms with van der Waals surface area (Å²) >= 11 is 27.2. The van der Waals surface area contributed by atoms with Crippen LogP contribution >= 0.6 is 46.4 Å². The topological polar surface area (TPSA) is 130 Å². The largest absolute Gasteiger partial charge is 0.268 e. The summed E-state index contributed by atoms with van der Waals surface area (Å²) in [5.41, 5.74) is 3.78. The SMILES string of the molecule is CC(C)c1cccc(C(C)C)c1-n1c(=O)c2cc3c4nc(Cl)c(Cl)nc4c4cc5c(=O)n(-c6c(C(C)C)cccc6C(C)C)c(=O)c6cc7c8nc(Cl)c(Cl)nc8c8cc(c1=O)c2c1c3c4c(c56)c7c81. The zero-order valence-corrected chi connectivity index (χ0v) is 41.9. The first-order valence-electron chi connectivity index (χ1n) is 23.3. The molecule has 10 nitrogen and oxygen atoms in total. The number of hydrogen-bond donors (Lipinski definition) is 0. The fourth-order valence-electron chi connectivity index (χ4n) is 11.9. The van der Waals surface area contributed by atoms with Crippen LogP contribution in [0.15, 0.2) is 79.8 Å². The van der Waals surface area contributed by atoms with Gasteiger partial charge < -0.3 is 0 Å². The highest BCUT2D eigenvalue weighted by Gasteiger charge is 2.34. The van der Waals surface area contributed by atoms with Crippen LogP contribution in [0.1, 0.15) is 101 Å². The second kappa shape index (κ2) is 14.5. The van der Waals surface area contributed by atoms with E-state index in [0.29, 0.717) is 98.1 Å². The number of hydrogen-bond acceptors (Lipinski definition) is 8. The third-order valence-electron chi connectivity index (χ3n) is 14.8. The Balaban J connectivity index is 1.38. The third kappa shape index (κ3) is 5.32. The quantitative estimate of drug-likeness (QED) is 0.119. The number of pyridine rings is 2. The molecule has 13 rings (SSSR count). The van der Waals surface area contributed by atoms with Crippen molar-refractivity contribution in [2.24, 2.45) is 0 Å². The average Bonchev–Trinajstić information content (AvgIpc) is 3.32. The molecule has 0 bridgehead atoms. The molecule has 13 aromatic rings. The molecule has 344 valence electrons. The van der Waals surface area contributed by atoms with E-state index in [9.17, 15) is 0 Å². The molecule has 9 aromatic carbocycles. The molecule has 0 fully saturated rings. The van der Waals surface area contributed by atoms with Crippen LogP contribution in [-0.2, 0) is 0 Å². The molecule has 0 saturated carbocycles. The van der Waals surface area contributed by atoms with Crippen LogP contribution in [0.5, 0.6) is 0 Å². The highest BCUT2D eigenvalue weighted by molar-refractivity contribution is 6.54. The molecule has 0 unspecified atom stereocenters. The van der Waals surface area contributed by atoms with Crippen LogP contribution in [0.3, 0.4) is 0 Å². The summed E-state index contributed by atoms with van der Waals surface area (Å²) in [4.78, 5) is 82.2. The van der Waals surface area contributed by atoms with Crippen molar-refractivity contribution >= 4 is 155 Å². The van der Waals surface area contributed by atoms with E-state index in [-0.39, 0.29) is 65.8 Å². The average molecular weight is 1000 g/mol. The molecule has 0 spiro atoms. The Bertz CT molecular complexity index is 4180. The van der Waals surface area contributed by atoms with Gasteiger partial charge in [0.25, 0.3) is 22.2 Å². The predicted molar refractivity (Wildman–Crippen MR) is 289 cm³/mol. The maximum atomic E-state index is 15.7. The van der Waals surface area contributed by atoms with E-state index in [1.807, 2.05) is 91.8 Å². The number of aromatic nitrogens is 6. The molecule has 0 aliphatic heterocycles. The van der Waals surface area contributed by atoms with E-state index in [2.05, 4.69) is 0 Å². The first-order valence-corrected chi connectivity index (χ1v) is 24.8. The van der Waals surface area contributed by atoms with Crippen LogP contribution in [0.2, 0.25) is 20.6 Å². The highest BCUT2D eigenvalue weighted by Crippen LogP contribution is 2.55. The first kappa shape index (κ1) is 43.5. The lowest BCUT2D eigenvalue weighted by molar-refractivity contribution is 0.792. The maximum Gasteiger partial charge on any atom is 0.266 e. The second-order valence-corrected chi connectivity index (χ2v) is 21.4. The van der Waals surface area contributed by atoms with E-state index < -0.39 is 22.2 Å². The van der Waals surface area contributed by atoms with Gasteiger partial charge in [-0.25, -0.2) is 29.1 Å². The minimum Gasteiger partial charge on any atom is -0.268 e. The molecular weight excluding hydrogens is 962 g/mol.